The predicted molar refractivity (Wildman–Crippen MR) is 199 cm³/mol. The lowest BCUT2D eigenvalue weighted by Crippen LogP contribution is -2.30. The monoisotopic (exact) mass is 672 g/mol. The molecule has 0 atom stereocenters. The number of rotatable bonds is 0. The van der Waals surface area contributed by atoms with Crippen LogP contribution in [0.15, 0.2) is 72.8 Å². The lowest BCUT2D eigenvalue weighted by molar-refractivity contribution is 0.0952. The number of H-pyrrole nitrogens is 4. The number of hydrogen-bond donors (Lipinski definition) is 6. The van der Waals surface area contributed by atoms with Gasteiger partial charge in [-0.15, -0.1) is 0 Å². The predicted octanol–water partition coefficient (Wildman–Crippen LogP) is 8.09. The number of amides is 2. The number of nitrogens with one attached hydrogen (secondary N) is 6. The first-order valence-corrected chi connectivity index (χ1v) is 18.3. The molecule has 12 bridgehead atoms. The van der Waals surface area contributed by atoms with Crippen LogP contribution in [-0.2, 0) is 21.7 Å². The van der Waals surface area contributed by atoms with Crippen molar-refractivity contribution in [2.24, 2.45) is 0 Å². The lowest BCUT2D eigenvalue weighted by atomic mass is 9.78. The fraction of sp³-hybridized carbons (Fsp3) is 0.429. The molecule has 6 N–H and O–H groups in total. The Balaban J connectivity index is 1.35. The van der Waals surface area contributed by atoms with E-state index in [1.807, 2.05) is 0 Å². The summed E-state index contributed by atoms with van der Waals surface area (Å²) < 4.78 is 0. The van der Waals surface area contributed by atoms with E-state index in [1.165, 1.54) is 22.8 Å². The molecule has 0 saturated heterocycles. The summed E-state index contributed by atoms with van der Waals surface area (Å²) in [6.07, 6.45) is 5.25. The smallest absolute Gasteiger partial charge is 0.251 e. The molecule has 0 spiro atoms. The van der Waals surface area contributed by atoms with Crippen LogP contribution in [-0.4, -0.2) is 44.8 Å². The normalized spacial score (nSPS) is 24.0. The van der Waals surface area contributed by atoms with Crippen molar-refractivity contribution in [3.63, 3.8) is 0 Å². The molecule has 3 aliphatic rings. The molecule has 0 unspecified atom stereocenters. The number of benzene rings is 1. The Morgan fingerprint density at radius 2 is 0.760 bits per heavy atom. The molecule has 2 amide bonds. The van der Waals surface area contributed by atoms with Crippen LogP contribution in [0.5, 0.6) is 0 Å². The fourth-order valence-electron chi connectivity index (χ4n) is 8.06. The van der Waals surface area contributed by atoms with Crippen LogP contribution in [0, 0.1) is 0 Å². The zero-order valence-corrected chi connectivity index (χ0v) is 30.4. The SMILES string of the molecule is CC1(C)c2ccc([nH]2)C2(C)CCCCNC(=O)c3cccc(c3)C(=O)NCCCCC(C)(c3ccc1[nH]3)c1ccc([nH]1)C(C)(C)c1ccc2[nH]1. The van der Waals surface area contributed by atoms with E-state index in [0.717, 1.165) is 61.3 Å². The molecule has 0 fully saturated rings. The van der Waals surface area contributed by atoms with E-state index in [2.05, 4.69) is 121 Å². The maximum atomic E-state index is 13.1. The van der Waals surface area contributed by atoms with E-state index in [4.69, 9.17) is 0 Å². The van der Waals surface area contributed by atoms with Crippen molar-refractivity contribution < 1.29 is 9.59 Å². The van der Waals surface area contributed by atoms with Crippen molar-refractivity contribution >= 4 is 11.8 Å². The highest BCUT2D eigenvalue weighted by Crippen LogP contribution is 2.43. The first-order chi connectivity index (χ1) is 23.8. The second-order valence-corrected chi connectivity index (χ2v) is 16.1. The van der Waals surface area contributed by atoms with E-state index in [9.17, 15) is 9.59 Å². The van der Waals surface area contributed by atoms with Gasteiger partial charge >= 0.3 is 0 Å². The number of hydrogen-bond acceptors (Lipinski definition) is 2. The third kappa shape index (κ3) is 5.82. The summed E-state index contributed by atoms with van der Waals surface area (Å²) >= 11 is 0. The van der Waals surface area contributed by atoms with Crippen molar-refractivity contribution in [2.75, 3.05) is 13.1 Å². The quantitative estimate of drug-likeness (QED) is 0.0997. The number of fused-ring (bicyclic) bond motifs is 10. The van der Waals surface area contributed by atoms with Gasteiger partial charge in [0.2, 0.25) is 0 Å². The van der Waals surface area contributed by atoms with Crippen LogP contribution in [0.25, 0.3) is 0 Å². The summed E-state index contributed by atoms with van der Waals surface area (Å²) in [6.45, 7) is 14.9. The van der Waals surface area contributed by atoms with Crippen molar-refractivity contribution in [2.45, 2.75) is 102 Å². The maximum absolute atomic E-state index is 13.1. The molecule has 3 aliphatic heterocycles. The number of aromatic nitrogens is 4. The summed E-state index contributed by atoms with van der Waals surface area (Å²) in [5, 5.41) is 6.18. The number of carbonyl (C=O) groups is 2. The third-order valence-corrected chi connectivity index (χ3v) is 12.0. The number of aromatic amines is 4. The molecule has 7 heterocycles. The molecule has 5 aromatic rings. The van der Waals surface area contributed by atoms with Crippen LogP contribution in [0.4, 0.5) is 0 Å². The van der Waals surface area contributed by atoms with Crippen molar-refractivity contribution in [3.05, 3.63) is 129 Å². The molecule has 4 aromatic heterocycles. The van der Waals surface area contributed by atoms with Gasteiger partial charge in [0.25, 0.3) is 11.8 Å². The minimum absolute atomic E-state index is 0.156. The van der Waals surface area contributed by atoms with Gasteiger partial charge in [0.05, 0.1) is 0 Å². The minimum atomic E-state index is -0.320. The Morgan fingerprint density at radius 3 is 1.10 bits per heavy atom. The van der Waals surface area contributed by atoms with Gasteiger partial charge in [-0.3, -0.25) is 9.59 Å². The summed E-state index contributed by atoms with van der Waals surface area (Å²) in [4.78, 5) is 41.8. The first kappa shape index (κ1) is 33.8. The Kier molecular flexibility index (Phi) is 8.48. The molecule has 8 nitrogen and oxygen atoms in total. The van der Waals surface area contributed by atoms with Gasteiger partial charge in [0.15, 0.2) is 0 Å². The van der Waals surface area contributed by atoms with Crippen LogP contribution in [0.1, 0.15) is 146 Å². The van der Waals surface area contributed by atoms with E-state index in [1.54, 1.807) is 24.3 Å². The molecule has 50 heavy (non-hydrogen) atoms. The first-order valence-electron chi connectivity index (χ1n) is 18.3. The largest absolute Gasteiger partial charge is 0.361 e. The van der Waals surface area contributed by atoms with Crippen molar-refractivity contribution in [3.8, 4) is 0 Å². The summed E-state index contributed by atoms with van der Waals surface area (Å²) in [6, 6.07) is 25.1. The Morgan fingerprint density at radius 1 is 0.440 bits per heavy atom. The van der Waals surface area contributed by atoms with Gasteiger partial charge in [0, 0.05) is 91.4 Å². The average Bonchev–Trinajstić information content (AvgIpc) is 3.93. The fourth-order valence-corrected chi connectivity index (χ4v) is 8.06. The van der Waals surface area contributed by atoms with E-state index < -0.39 is 0 Å². The van der Waals surface area contributed by atoms with E-state index >= 15 is 0 Å². The van der Waals surface area contributed by atoms with Gasteiger partial charge in [-0.25, -0.2) is 0 Å². The Hall–Kier alpha value is -4.72. The minimum Gasteiger partial charge on any atom is -0.361 e. The highest BCUT2D eigenvalue weighted by Gasteiger charge is 2.39. The van der Waals surface area contributed by atoms with Crippen molar-refractivity contribution in [1.82, 2.24) is 30.6 Å². The highest BCUT2D eigenvalue weighted by atomic mass is 16.2. The standard InChI is InChI=1S/C42H52N6O2/c1-39(2)29-14-18-33(45-29)41(5)22-7-9-24-43-37(49)27-12-11-13-28(26-27)38(50)44-25-10-8-23-42(6,34-19-15-30(39)46-34)36-21-17-32(48-36)40(3,4)31-16-20-35(41)47-31/h11-21,26,45-48H,7-10,22-25H2,1-6H3,(H,43,49)(H,44,50). The van der Waals surface area contributed by atoms with E-state index in [0.29, 0.717) is 24.2 Å². The molecule has 1 aromatic carbocycles. The van der Waals surface area contributed by atoms with Gasteiger partial charge in [0.1, 0.15) is 0 Å². The topological polar surface area (TPSA) is 121 Å². The molecule has 0 aliphatic carbocycles. The molecular weight excluding hydrogens is 621 g/mol. The van der Waals surface area contributed by atoms with Crippen molar-refractivity contribution in [1.29, 1.82) is 0 Å². The zero-order valence-electron chi connectivity index (χ0n) is 30.4. The molecule has 8 rings (SSSR count). The Bertz CT molecular complexity index is 1790. The average molecular weight is 673 g/mol. The van der Waals surface area contributed by atoms with Crippen LogP contribution in [0.2, 0.25) is 0 Å². The molecular formula is C42H52N6O2. The summed E-state index contributed by atoms with van der Waals surface area (Å²) in [5.41, 5.74) is 9.11. The van der Waals surface area contributed by atoms with Crippen LogP contribution >= 0.6 is 0 Å². The maximum Gasteiger partial charge on any atom is 0.251 e. The highest BCUT2D eigenvalue weighted by molar-refractivity contribution is 5.99. The molecule has 262 valence electrons. The lowest BCUT2D eigenvalue weighted by Gasteiger charge is -2.31. The second kappa shape index (κ2) is 12.6. The van der Waals surface area contributed by atoms with Gasteiger partial charge in [-0.1, -0.05) is 18.9 Å². The Labute approximate surface area is 295 Å². The van der Waals surface area contributed by atoms with Gasteiger partial charge < -0.3 is 30.6 Å². The van der Waals surface area contributed by atoms with Gasteiger partial charge in [-0.05, 0) is 134 Å². The molecule has 0 radical (unpaired) electrons. The van der Waals surface area contributed by atoms with E-state index in [-0.39, 0.29) is 33.5 Å². The molecule has 8 heteroatoms. The molecule has 0 saturated carbocycles. The summed E-state index contributed by atoms with van der Waals surface area (Å²) in [7, 11) is 0. The third-order valence-electron chi connectivity index (χ3n) is 12.0. The second-order valence-electron chi connectivity index (χ2n) is 16.1. The van der Waals surface area contributed by atoms with Gasteiger partial charge in [-0.2, -0.15) is 0 Å². The van der Waals surface area contributed by atoms with Crippen LogP contribution < -0.4 is 10.6 Å². The number of carbonyl (C=O) groups excluding carboxylic acids is 2. The summed E-state index contributed by atoms with van der Waals surface area (Å²) in [5.74, 6) is -0.311. The van der Waals surface area contributed by atoms with Crippen LogP contribution in [0.3, 0.4) is 0 Å². The zero-order chi connectivity index (χ0) is 35.3.